The summed E-state index contributed by atoms with van der Waals surface area (Å²) in [7, 11) is 0. The van der Waals surface area contributed by atoms with Crippen LogP contribution in [-0.4, -0.2) is 4.11 Å². The number of rotatable bonds is 3. The van der Waals surface area contributed by atoms with E-state index >= 15 is 0 Å². The minimum absolute atomic E-state index is 0.139. The Kier molecular flexibility index (Phi) is 10.4. The van der Waals surface area contributed by atoms with E-state index in [2.05, 4.69) is 192 Å². The Morgan fingerprint density at radius 3 is 1.46 bits per heavy atom. The molecular weight excluding hydrogens is 678 g/mol. The molecule has 1 unspecified atom stereocenters. The third kappa shape index (κ3) is 7.63. The molecule has 0 N–H and O–H groups in total. The minimum atomic E-state index is 0.139. The standard InChI is InChI=1S/C25H25.C15H14.C11H17.Zn/c1-14-12-24(3,4)22-8-16-7-17-9-23-19(15(2)13-25(23,5)6)11-21(17)20(16)10-18(14)22;1-12-3-7-14(8-4-12)11-15-9-5-13(2)6-10-15;1-5-9-6-7-10(8-9)11(2,3)4;/h7-13H,1-6H3;3-10H,1-2H3;7-9H,5H2,1-4H3;/q-1;;-1;. The van der Waals surface area contributed by atoms with E-state index in [9.17, 15) is 0 Å². The van der Waals surface area contributed by atoms with Gasteiger partial charge >= 0.3 is 107 Å². The molecule has 0 bridgehead atoms. The van der Waals surface area contributed by atoms with Crippen molar-refractivity contribution in [3.8, 4) is 0 Å². The molecule has 0 amide bonds. The van der Waals surface area contributed by atoms with Crippen LogP contribution >= 0.6 is 0 Å². The fourth-order valence-electron chi connectivity index (χ4n) is 8.11. The predicted octanol–water partition coefficient (Wildman–Crippen LogP) is 13.9. The maximum atomic E-state index is 3.35. The zero-order valence-electron chi connectivity index (χ0n) is 33.8. The van der Waals surface area contributed by atoms with Crippen LogP contribution in [0.1, 0.15) is 120 Å². The fraction of sp³-hybridized carbons (Fsp3) is 0.333. The van der Waals surface area contributed by atoms with Gasteiger partial charge < -0.3 is 0 Å². The van der Waals surface area contributed by atoms with Gasteiger partial charge in [0.1, 0.15) is 0 Å². The van der Waals surface area contributed by atoms with E-state index in [-0.39, 0.29) is 10.8 Å². The maximum absolute atomic E-state index is 3.35. The van der Waals surface area contributed by atoms with Crippen LogP contribution in [0.4, 0.5) is 0 Å². The normalized spacial score (nSPS) is 17.8. The summed E-state index contributed by atoms with van der Waals surface area (Å²) in [5, 5.41) is 5.57. The van der Waals surface area contributed by atoms with Crippen molar-refractivity contribution in [3.63, 3.8) is 0 Å². The number of hydrogen-bond acceptors (Lipinski definition) is 0. The van der Waals surface area contributed by atoms with Gasteiger partial charge in [0.15, 0.2) is 0 Å². The zero-order valence-corrected chi connectivity index (χ0v) is 36.8. The van der Waals surface area contributed by atoms with E-state index in [0.717, 1.165) is 0 Å². The second-order valence-corrected chi connectivity index (χ2v) is 19.1. The van der Waals surface area contributed by atoms with Crippen LogP contribution in [0.3, 0.4) is 0 Å². The average Bonchev–Trinajstić information content (AvgIpc) is 3.82. The van der Waals surface area contributed by atoms with Crippen LogP contribution in [0, 0.1) is 31.3 Å². The van der Waals surface area contributed by atoms with Crippen molar-refractivity contribution in [1.29, 1.82) is 0 Å². The first kappa shape index (κ1) is 37.9. The van der Waals surface area contributed by atoms with Crippen LogP contribution < -0.4 is 0 Å². The molecule has 3 aliphatic carbocycles. The SMILES string of the molecule is CC1=CC(C)(C)c2cc3[cH-]c4cc5c(cc4c3cc21)C(C)=CC5(C)C.CCC1[C-]=CC(C(C)(C)C)=C1.Cc1ccc([C](=[Zn])c2ccc(C)cc2)cc1. The van der Waals surface area contributed by atoms with Gasteiger partial charge in [-0.25, -0.2) is 6.08 Å². The summed E-state index contributed by atoms with van der Waals surface area (Å²) in [4.78, 5) is 0. The Morgan fingerprint density at radius 2 is 1.12 bits per heavy atom. The molecule has 0 saturated carbocycles. The zero-order chi connectivity index (χ0) is 37.7. The van der Waals surface area contributed by atoms with Crippen LogP contribution in [0.25, 0.3) is 32.7 Å². The number of allylic oxidation sites excluding steroid dienone is 8. The summed E-state index contributed by atoms with van der Waals surface area (Å²) in [6.07, 6.45) is 13.8. The second kappa shape index (κ2) is 14.2. The molecule has 5 aromatic carbocycles. The summed E-state index contributed by atoms with van der Waals surface area (Å²) in [5.74, 6) is 0.573. The molecule has 0 radical (unpaired) electrons. The van der Waals surface area contributed by atoms with Crippen molar-refractivity contribution in [2.75, 3.05) is 0 Å². The first-order chi connectivity index (χ1) is 24.4. The first-order valence-corrected chi connectivity index (χ1v) is 20.6. The quantitative estimate of drug-likeness (QED) is 0.128. The van der Waals surface area contributed by atoms with Crippen molar-refractivity contribution in [2.45, 2.75) is 100 Å². The summed E-state index contributed by atoms with van der Waals surface area (Å²) in [5.41, 5.74) is 16.0. The van der Waals surface area contributed by atoms with Crippen LogP contribution in [0.15, 0.2) is 109 Å². The molecule has 0 aromatic heterocycles. The Labute approximate surface area is 324 Å². The average molecular weight is 734 g/mol. The predicted molar refractivity (Wildman–Crippen MR) is 225 cm³/mol. The van der Waals surface area contributed by atoms with Crippen molar-refractivity contribution in [3.05, 3.63) is 159 Å². The van der Waals surface area contributed by atoms with Crippen molar-refractivity contribution < 1.29 is 17.9 Å². The van der Waals surface area contributed by atoms with E-state index < -0.39 is 0 Å². The number of fused-ring (bicyclic) bond motifs is 5. The van der Waals surface area contributed by atoms with Crippen molar-refractivity contribution in [1.82, 2.24) is 0 Å². The van der Waals surface area contributed by atoms with Crippen LogP contribution in [-0.2, 0) is 28.7 Å². The van der Waals surface area contributed by atoms with Gasteiger partial charge in [0.25, 0.3) is 0 Å². The molecule has 1 heteroatoms. The van der Waals surface area contributed by atoms with Gasteiger partial charge in [0, 0.05) is 10.8 Å². The molecule has 264 valence electrons. The molecule has 3 aliphatic rings. The molecule has 5 aromatic rings. The molecule has 0 fully saturated rings. The fourth-order valence-corrected chi connectivity index (χ4v) is 9.10. The summed E-state index contributed by atoms with van der Waals surface area (Å²) >= 11 is 1.19. The van der Waals surface area contributed by atoms with Gasteiger partial charge in [0.2, 0.25) is 0 Å². The Hall–Kier alpha value is -3.80. The molecular formula is C51H56Zn-2. The topological polar surface area (TPSA) is 0 Å². The Morgan fingerprint density at radius 1 is 0.692 bits per heavy atom. The summed E-state index contributed by atoms with van der Waals surface area (Å²) < 4.78 is 1.46. The van der Waals surface area contributed by atoms with Gasteiger partial charge in [-0.2, -0.15) is 11.6 Å². The molecule has 1 atom stereocenters. The monoisotopic (exact) mass is 732 g/mol. The van der Waals surface area contributed by atoms with Gasteiger partial charge in [-0.15, -0.1) is 39.7 Å². The van der Waals surface area contributed by atoms with Crippen LogP contribution in [0.2, 0.25) is 0 Å². The van der Waals surface area contributed by atoms with Crippen molar-refractivity contribution >= 4 is 36.8 Å². The third-order valence-corrected chi connectivity index (χ3v) is 13.0. The van der Waals surface area contributed by atoms with E-state index in [1.807, 2.05) is 0 Å². The summed E-state index contributed by atoms with van der Waals surface area (Å²) in [6, 6.07) is 29.7. The number of aryl methyl sites for hydroxylation is 2. The molecule has 0 spiro atoms. The number of hydrogen-bond donors (Lipinski definition) is 0. The van der Waals surface area contributed by atoms with E-state index in [0.29, 0.717) is 11.3 Å². The van der Waals surface area contributed by atoms with E-state index in [4.69, 9.17) is 0 Å². The van der Waals surface area contributed by atoms with Gasteiger partial charge in [-0.1, -0.05) is 109 Å². The molecule has 0 saturated heterocycles. The Bertz CT molecular complexity index is 2140. The van der Waals surface area contributed by atoms with E-state index in [1.165, 1.54) is 111 Å². The van der Waals surface area contributed by atoms with Crippen LogP contribution in [0.5, 0.6) is 0 Å². The molecule has 8 rings (SSSR count). The molecule has 0 heterocycles. The van der Waals surface area contributed by atoms with Gasteiger partial charge in [-0.3, -0.25) is 6.08 Å². The molecule has 0 aliphatic heterocycles. The van der Waals surface area contributed by atoms with Gasteiger partial charge in [0.05, 0.1) is 0 Å². The number of benzene rings is 4. The van der Waals surface area contributed by atoms with Gasteiger partial charge in [-0.05, 0) is 36.1 Å². The van der Waals surface area contributed by atoms with Crippen molar-refractivity contribution in [2.24, 2.45) is 11.3 Å². The molecule has 52 heavy (non-hydrogen) atoms. The second-order valence-electron chi connectivity index (χ2n) is 17.6. The summed E-state index contributed by atoms with van der Waals surface area (Å²) in [6.45, 7) is 27.0. The Balaban J connectivity index is 0.000000148. The third-order valence-electron chi connectivity index (χ3n) is 11.3. The molecule has 0 nitrogen and oxygen atoms in total. The van der Waals surface area contributed by atoms with E-state index in [1.54, 1.807) is 0 Å². The first-order valence-electron chi connectivity index (χ1n) is 19.1.